The van der Waals surface area contributed by atoms with Crippen molar-refractivity contribution < 1.29 is 47.5 Å². The summed E-state index contributed by atoms with van der Waals surface area (Å²) >= 11 is 0. The number of hydrogen-bond acceptors (Lipinski definition) is 10. The molecule has 0 saturated carbocycles. The zero-order valence-electron chi connectivity index (χ0n) is 26.4. The van der Waals surface area contributed by atoms with Gasteiger partial charge in [0, 0.05) is 45.2 Å². The second-order valence-corrected chi connectivity index (χ2v) is 10.5. The minimum Gasteiger partial charge on any atom is -0.493 e. The average molecular weight is 597 g/mol. The maximum Gasteiger partial charge on any atom is 0.333 e. The summed E-state index contributed by atoms with van der Waals surface area (Å²) < 4.78 is 47.7. The van der Waals surface area contributed by atoms with Crippen LogP contribution in [0.3, 0.4) is 0 Å². The molecular formula is C33H40O10. The summed E-state index contributed by atoms with van der Waals surface area (Å²) in [6, 6.07) is 3.59. The lowest BCUT2D eigenvalue weighted by Gasteiger charge is -2.39. The average Bonchev–Trinajstić information content (AvgIpc) is 3.50. The number of benzene rings is 2. The summed E-state index contributed by atoms with van der Waals surface area (Å²) in [5, 5.41) is 0. The number of allylic oxidation sites excluding steroid dienone is 2. The Bertz CT molecular complexity index is 1470. The van der Waals surface area contributed by atoms with Crippen LogP contribution in [0.1, 0.15) is 64.9 Å². The molecule has 10 nitrogen and oxygen atoms in total. The van der Waals surface area contributed by atoms with Crippen molar-refractivity contribution in [3.8, 4) is 45.6 Å². The van der Waals surface area contributed by atoms with E-state index in [0.717, 1.165) is 0 Å². The summed E-state index contributed by atoms with van der Waals surface area (Å²) in [4.78, 5) is 26.6. The summed E-state index contributed by atoms with van der Waals surface area (Å²) in [6.07, 6.45) is 1.75. The maximum atomic E-state index is 13.3. The topological polar surface area (TPSA) is 108 Å². The first-order chi connectivity index (χ1) is 20.6. The van der Waals surface area contributed by atoms with E-state index < -0.39 is 24.1 Å². The molecule has 0 fully saturated rings. The van der Waals surface area contributed by atoms with Gasteiger partial charge in [-0.2, -0.15) is 0 Å². The summed E-state index contributed by atoms with van der Waals surface area (Å²) in [6.45, 7) is 10.8. The van der Waals surface area contributed by atoms with E-state index in [0.29, 0.717) is 67.9 Å². The number of rotatable bonds is 8. The zero-order valence-corrected chi connectivity index (χ0v) is 26.4. The lowest BCUT2D eigenvalue weighted by molar-refractivity contribution is -0.156. The molecule has 2 aliphatic rings. The number of ether oxygens (including phenoxy) is 8. The molecular weight excluding hydrogens is 556 g/mol. The van der Waals surface area contributed by atoms with Crippen LogP contribution in [0.5, 0.6) is 34.5 Å². The molecule has 0 bridgehead atoms. The van der Waals surface area contributed by atoms with Crippen LogP contribution in [-0.2, 0) is 19.1 Å². The minimum absolute atomic E-state index is 0.0124. The van der Waals surface area contributed by atoms with Gasteiger partial charge in [0.2, 0.25) is 18.3 Å². The molecule has 0 unspecified atom stereocenters. The van der Waals surface area contributed by atoms with Gasteiger partial charge >= 0.3 is 11.9 Å². The molecule has 232 valence electrons. The van der Waals surface area contributed by atoms with Crippen molar-refractivity contribution in [1.29, 1.82) is 0 Å². The maximum absolute atomic E-state index is 13.3. The monoisotopic (exact) mass is 596 g/mol. The van der Waals surface area contributed by atoms with Gasteiger partial charge in [-0.05, 0) is 39.8 Å². The van der Waals surface area contributed by atoms with Gasteiger partial charge in [-0.1, -0.05) is 26.0 Å². The van der Waals surface area contributed by atoms with E-state index in [1.807, 2.05) is 19.9 Å². The first kappa shape index (κ1) is 31.6. The number of carbonyl (C=O) groups is 2. The van der Waals surface area contributed by atoms with Gasteiger partial charge in [0.25, 0.3) is 0 Å². The highest BCUT2D eigenvalue weighted by atomic mass is 16.7. The van der Waals surface area contributed by atoms with Crippen LogP contribution >= 0.6 is 0 Å². The number of fused-ring (bicyclic) bond motifs is 4. The van der Waals surface area contributed by atoms with Crippen molar-refractivity contribution in [2.24, 2.45) is 11.8 Å². The number of esters is 2. The Morgan fingerprint density at radius 2 is 1.21 bits per heavy atom. The van der Waals surface area contributed by atoms with E-state index in [1.165, 1.54) is 28.4 Å². The van der Waals surface area contributed by atoms with Crippen LogP contribution < -0.4 is 28.4 Å². The van der Waals surface area contributed by atoms with Crippen molar-refractivity contribution in [2.45, 2.75) is 53.8 Å². The fourth-order valence-corrected chi connectivity index (χ4v) is 5.48. The van der Waals surface area contributed by atoms with E-state index in [9.17, 15) is 9.59 Å². The zero-order chi connectivity index (χ0) is 31.6. The van der Waals surface area contributed by atoms with Crippen molar-refractivity contribution >= 4 is 11.9 Å². The predicted molar refractivity (Wildman–Crippen MR) is 159 cm³/mol. The summed E-state index contributed by atoms with van der Waals surface area (Å²) in [7, 11) is 6.07. The molecule has 0 aromatic heterocycles. The van der Waals surface area contributed by atoms with E-state index >= 15 is 0 Å². The predicted octanol–water partition coefficient (Wildman–Crippen LogP) is 6.50. The van der Waals surface area contributed by atoms with Crippen molar-refractivity contribution in [3.05, 3.63) is 46.6 Å². The molecule has 2 aromatic carbocycles. The number of methoxy groups -OCH3 is 4. The number of hydrogen-bond donors (Lipinski definition) is 0. The molecule has 0 saturated heterocycles. The molecule has 0 radical (unpaired) electrons. The Kier molecular flexibility index (Phi) is 9.47. The highest BCUT2D eigenvalue weighted by Crippen LogP contribution is 2.60. The first-order valence-electron chi connectivity index (χ1n) is 14.1. The second-order valence-electron chi connectivity index (χ2n) is 10.5. The van der Waals surface area contributed by atoms with Crippen LogP contribution in [0.4, 0.5) is 0 Å². The summed E-state index contributed by atoms with van der Waals surface area (Å²) in [5.74, 6) is 0.504. The molecule has 0 amide bonds. The van der Waals surface area contributed by atoms with Gasteiger partial charge in [-0.3, -0.25) is 0 Å². The molecule has 4 rings (SSSR count). The number of carbonyl (C=O) groups excluding carboxylic acids is 2. The third kappa shape index (κ3) is 5.46. The van der Waals surface area contributed by atoms with Crippen molar-refractivity contribution in [3.63, 3.8) is 0 Å². The van der Waals surface area contributed by atoms with Gasteiger partial charge in [-0.25, -0.2) is 9.59 Å². The molecule has 1 heterocycles. The summed E-state index contributed by atoms with van der Waals surface area (Å²) in [5.41, 5.74) is 3.15. The standard InChI is InChI=1S/C33H40O10/c1-11-16(3)32(34)42-26-18(5)19(6)27(43-33(35)17(4)12-2)21-14-23-29(41-15-40-23)31(39-10)25(21)24-20(26)13-22(36-7)28(37-8)30(24)38-9/h11-14,18-19,26-27H,15H2,1-10H3/b16-11?,17-12-/t18-,19+,26+,27+/m0/s1. The minimum atomic E-state index is -0.826. The molecule has 0 N–H and O–H groups in total. The highest BCUT2D eigenvalue weighted by molar-refractivity contribution is 5.92. The van der Waals surface area contributed by atoms with Crippen LogP contribution in [0, 0.1) is 11.8 Å². The van der Waals surface area contributed by atoms with Gasteiger partial charge in [-0.15, -0.1) is 0 Å². The highest BCUT2D eigenvalue weighted by Gasteiger charge is 2.44. The van der Waals surface area contributed by atoms with Crippen LogP contribution in [0.2, 0.25) is 0 Å². The Hall–Kier alpha value is -4.34. The molecule has 1 aliphatic carbocycles. The quantitative estimate of drug-likeness (QED) is 0.247. The van der Waals surface area contributed by atoms with E-state index in [-0.39, 0.29) is 18.6 Å². The fraction of sp³-hybridized carbons (Fsp3) is 0.455. The van der Waals surface area contributed by atoms with E-state index in [4.69, 9.17) is 37.9 Å². The van der Waals surface area contributed by atoms with Gasteiger partial charge < -0.3 is 37.9 Å². The lowest BCUT2D eigenvalue weighted by atomic mass is 9.74. The van der Waals surface area contributed by atoms with Crippen molar-refractivity contribution in [2.75, 3.05) is 35.2 Å². The van der Waals surface area contributed by atoms with Gasteiger partial charge in [0.1, 0.15) is 12.2 Å². The Morgan fingerprint density at radius 3 is 1.67 bits per heavy atom. The van der Waals surface area contributed by atoms with Crippen LogP contribution in [0.15, 0.2) is 35.4 Å². The first-order valence-corrected chi connectivity index (χ1v) is 14.1. The van der Waals surface area contributed by atoms with Crippen LogP contribution in [0.25, 0.3) is 11.1 Å². The van der Waals surface area contributed by atoms with E-state index in [1.54, 1.807) is 45.9 Å². The molecule has 0 spiro atoms. The molecule has 2 aromatic rings. The molecule has 4 atom stereocenters. The Labute approximate surface area is 252 Å². The van der Waals surface area contributed by atoms with Gasteiger partial charge in [0.15, 0.2) is 23.0 Å². The van der Waals surface area contributed by atoms with Crippen LogP contribution in [-0.4, -0.2) is 47.2 Å². The second kappa shape index (κ2) is 12.9. The molecule has 43 heavy (non-hydrogen) atoms. The van der Waals surface area contributed by atoms with Gasteiger partial charge in [0.05, 0.1) is 28.4 Å². The molecule has 1 aliphatic heterocycles. The Morgan fingerprint density at radius 1 is 0.721 bits per heavy atom. The third-order valence-electron chi connectivity index (χ3n) is 8.34. The van der Waals surface area contributed by atoms with Crippen molar-refractivity contribution in [1.82, 2.24) is 0 Å². The van der Waals surface area contributed by atoms with E-state index in [2.05, 4.69) is 0 Å². The molecule has 10 heteroatoms. The normalized spacial score (nSPS) is 21.1. The lowest BCUT2D eigenvalue weighted by Crippen LogP contribution is -2.31. The SMILES string of the molecule is CC=C(C)C(=O)O[C@H]1c2cc(OC)c(OC)c(OC)c2-c2c(cc3c(c2OC)OCO3)[C@H](OC(=O)/C(C)=C\C)[C@H](C)[C@@H]1C. The fourth-order valence-electron chi connectivity index (χ4n) is 5.48. The smallest absolute Gasteiger partial charge is 0.333 e. The third-order valence-corrected chi connectivity index (χ3v) is 8.34. The largest absolute Gasteiger partial charge is 0.493 e. The Balaban J connectivity index is 2.20.